The minimum atomic E-state index is -0.390. The number of aliphatic hydroxyl groups is 1. The Morgan fingerprint density at radius 3 is 2.67 bits per heavy atom. The van der Waals surface area contributed by atoms with E-state index >= 15 is 0 Å². The first-order valence-corrected chi connectivity index (χ1v) is 7.14. The highest BCUT2D eigenvalue weighted by Crippen LogP contribution is 2.32. The molecule has 0 bridgehead atoms. The SMILES string of the molecule is CC1CCC[C@@H]1/C=C/[C@@H](O)Cc1ccc(Cl)cc1. The van der Waals surface area contributed by atoms with Crippen LogP contribution in [-0.4, -0.2) is 11.2 Å². The predicted molar refractivity (Wildman–Crippen MR) is 76.8 cm³/mol. The lowest BCUT2D eigenvalue weighted by Gasteiger charge is -2.11. The van der Waals surface area contributed by atoms with Crippen LogP contribution >= 0.6 is 11.6 Å². The minimum Gasteiger partial charge on any atom is -0.389 e. The second-order valence-electron chi connectivity index (χ2n) is 5.35. The van der Waals surface area contributed by atoms with E-state index in [-0.39, 0.29) is 6.10 Å². The minimum absolute atomic E-state index is 0.390. The van der Waals surface area contributed by atoms with Crippen LogP contribution in [0.4, 0.5) is 0 Å². The highest BCUT2D eigenvalue weighted by molar-refractivity contribution is 6.30. The zero-order chi connectivity index (χ0) is 13.0. The van der Waals surface area contributed by atoms with Gasteiger partial charge in [-0.1, -0.05) is 55.7 Å². The topological polar surface area (TPSA) is 20.2 Å². The van der Waals surface area contributed by atoms with Crippen molar-refractivity contribution in [2.24, 2.45) is 11.8 Å². The van der Waals surface area contributed by atoms with E-state index in [1.165, 1.54) is 19.3 Å². The maximum Gasteiger partial charge on any atom is 0.0761 e. The molecule has 1 unspecified atom stereocenters. The van der Waals surface area contributed by atoms with Crippen molar-refractivity contribution in [2.45, 2.75) is 38.7 Å². The standard InChI is InChI=1S/C16H21ClO/c1-12-3-2-4-14(12)7-10-16(18)11-13-5-8-15(17)9-6-13/h5-10,12,14,16,18H,2-4,11H2,1H3/b10-7+/t12?,14-,16-/m1/s1. The van der Waals surface area contributed by atoms with Gasteiger partial charge in [0.25, 0.3) is 0 Å². The van der Waals surface area contributed by atoms with Crippen molar-refractivity contribution in [2.75, 3.05) is 0 Å². The smallest absolute Gasteiger partial charge is 0.0761 e. The van der Waals surface area contributed by atoms with Crippen molar-refractivity contribution >= 4 is 11.6 Å². The molecule has 1 aliphatic carbocycles. The third-order valence-corrected chi connectivity index (χ3v) is 4.12. The molecule has 1 nitrogen and oxygen atoms in total. The normalized spacial score (nSPS) is 25.7. The lowest BCUT2D eigenvalue weighted by atomic mass is 9.96. The molecule has 3 atom stereocenters. The molecule has 0 aliphatic heterocycles. The van der Waals surface area contributed by atoms with Crippen molar-refractivity contribution in [3.63, 3.8) is 0 Å². The van der Waals surface area contributed by atoms with E-state index in [0.29, 0.717) is 12.3 Å². The van der Waals surface area contributed by atoms with Crippen molar-refractivity contribution in [3.05, 3.63) is 47.0 Å². The molecule has 0 saturated heterocycles. The van der Waals surface area contributed by atoms with E-state index in [2.05, 4.69) is 13.0 Å². The monoisotopic (exact) mass is 264 g/mol. The second-order valence-corrected chi connectivity index (χ2v) is 5.79. The lowest BCUT2D eigenvalue weighted by Crippen LogP contribution is -2.08. The van der Waals surface area contributed by atoms with Crippen LogP contribution in [-0.2, 0) is 6.42 Å². The predicted octanol–water partition coefficient (Wildman–Crippen LogP) is 4.24. The number of aliphatic hydroxyl groups excluding tert-OH is 1. The van der Waals surface area contributed by atoms with E-state index in [9.17, 15) is 5.11 Å². The van der Waals surface area contributed by atoms with Crippen molar-refractivity contribution in [1.82, 2.24) is 0 Å². The highest BCUT2D eigenvalue weighted by Gasteiger charge is 2.20. The van der Waals surface area contributed by atoms with Crippen molar-refractivity contribution in [1.29, 1.82) is 0 Å². The molecule has 1 aliphatic rings. The van der Waals surface area contributed by atoms with E-state index in [1.54, 1.807) is 0 Å². The molecular weight excluding hydrogens is 244 g/mol. The number of rotatable bonds is 4. The maximum atomic E-state index is 10.00. The molecule has 1 saturated carbocycles. The largest absolute Gasteiger partial charge is 0.389 e. The number of halogens is 1. The van der Waals surface area contributed by atoms with Crippen LogP contribution in [0.3, 0.4) is 0 Å². The van der Waals surface area contributed by atoms with Crippen LogP contribution in [0, 0.1) is 11.8 Å². The molecule has 1 aromatic carbocycles. The van der Waals surface area contributed by atoms with E-state index in [0.717, 1.165) is 16.5 Å². The average molecular weight is 265 g/mol. The van der Waals surface area contributed by atoms with Gasteiger partial charge in [0.2, 0.25) is 0 Å². The fraction of sp³-hybridized carbons (Fsp3) is 0.500. The van der Waals surface area contributed by atoms with Crippen LogP contribution in [0.15, 0.2) is 36.4 Å². The Bertz CT molecular complexity index is 396. The van der Waals surface area contributed by atoms with E-state index in [1.807, 2.05) is 30.3 Å². The average Bonchev–Trinajstić information content (AvgIpc) is 2.75. The third kappa shape index (κ3) is 3.86. The van der Waals surface area contributed by atoms with Crippen LogP contribution in [0.25, 0.3) is 0 Å². The first kappa shape index (κ1) is 13.6. The Hall–Kier alpha value is -0.790. The van der Waals surface area contributed by atoms with Gasteiger partial charge in [-0.2, -0.15) is 0 Å². The molecule has 0 spiro atoms. The van der Waals surface area contributed by atoms with Crippen LogP contribution in [0.5, 0.6) is 0 Å². The van der Waals surface area contributed by atoms with Gasteiger partial charge < -0.3 is 5.11 Å². The summed E-state index contributed by atoms with van der Waals surface area (Å²) < 4.78 is 0. The lowest BCUT2D eigenvalue weighted by molar-refractivity contribution is 0.222. The number of allylic oxidation sites excluding steroid dienone is 1. The summed E-state index contributed by atoms with van der Waals surface area (Å²) >= 11 is 5.84. The molecule has 2 heteroatoms. The van der Waals surface area contributed by atoms with Gasteiger partial charge >= 0.3 is 0 Å². The summed E-state index contributed by atoms with van der Waals surface area (Å²) in [5, 5.41) is 10.7. The number of hydrogen-bond acceptors (Lipinski definition) is 1. The molecule has 0 aromatic heterocycles. The first-order chi connectivity index (χ1) is 8.65. The second kappa shape index (κ2) is 6.40. The van der Waals surface area contributed by atoms with Gasteiger partial charge in [-0.15, -0.1) is 0 Å². The van der Waals surface area contributed by atoms with Gasteiger partial charge in [0.1, 0.15) is 0 Å². The Kier molecular flexibility index (Phi) is 4.85. The van der Waals surface area contributed by atoms with Gasteiger partial charge in [0.05, 0.1) is 6.10 Å². The van der Waals surface area contributed by atoms with Crippen LogP contribution < -0.4 is 0 Å². The Balaban J connectivity index is 1.86. The first-order valence-electron chi connectivity index (χ1n) is 6.76. The molecule has 98 valence electrons. The zero-order valence-corrected chi connectivity index (χ0v) is 11.6. The highest BCUT2D eigenvalue weighted by atomic mass is 35.5. The van der Waals surface area contributed by atoms with Crippen LogP contribution in [0.1, 0.15) is 31.7 Å². The summed E-state index contributed by atoms with van der Waals surface area (Å²) in [6.07, 6.45) is 8.35. The number of benzene rings is 1. The Morgan fingerprint density at radius 1 is 1.33 bits per heavy atom. The molecule has 0 amide bonds. The molecular formula is C16H21ClO. The summed E-state index contributed by atoms with van der Waals surface area (Å²) in [6, 6.07) is 7.67. The molecule has 1 fully saturated rings. The summed E-state index contributed by atoms with van der Waals surface area (Å²) in [7, 11) is 0. The molecule has 1 N–H and O–H groups in total. The van der Waals surface area contributed by atoms with Crippen molar-refractivity contribution in [3.8, 4) is 0 Å². The zero-order valence-electron chi connectivity index (χ0n) is 10.8. The molecule has 0 radical (unpaired) electrons. The summed E-state index contributed by atoms with van der Waals surface area (Å²) in [4.78, 5) is 0. The van der Waals surface area contributed by atoms with Crippen LogP contribution in [0.2, 0.25) is 5.02 Å². The third-order valence-electron chi connectivity index (χ3n) is 3.87. The molecule has 1 aromatic rings. The van der Waals surface area contributed by atoms with E-state index < -0.39 is 0 Å². The summed E-state index contributed by atoms with van der Waals surface area (Å²) in [5.41, 5.74) is 1.12. The maximum absolute atomic E-state index is 10.00. The quantitative estimate of drug-likeness (QED) is 0.807. The molecule has 0 heterocycles. The fourth-order valence-electron chi connectivity index (χ4n) is 2.66. The molecule has 2 rings (SSSR count). The Morgan fingerprint density at radius 2 is 2.06 bits per heavy atom. The van der Waals surface area contributed by atoms with Gasteiger partial charge in [-0.3, -0.25) is 0 Å². The van der Waals surface area contributed by atoms with Crippen molar-refractivity contribution < 1.29 is 5.11 Å². The fourth-order valence-corrected chi connectivity index (χ4v) is 2.79. The van der Waals surface area contributed by atoms with Gasteiger partial charge in [0.15, 0.2) is 0 Å². The Labute approximate surface area is 114 Å². The van der Waals surface area contributed by atoms with Gasteiger partial charge in [-0.25, -0.2) is 0 Å². The summed E-state index contributed by atoms with van der Waals surface area (Å²) in [6.45, 7) is 2.30. The summed E-state index contributed by atoms with van der Waals surface area (Å²) in [5.74, 6) is 1.42. The number of hydrogen-bond donors (Lipinski definition) is 1. The van der Waals surface area contributed by atoms with E-state index in [4.69, 9.17) is 11.6 Å². The molecule has 18 heavy (non-hydrogen) atoms. The van der Waals surface area contributed by atoms with Gasteiger partial charge in [-0.05, 0) is 36.0 Å². The van der Waals surface area contributed by atoms with Gasteiger partial charge in [0, 0.05) is 11.4 Å².